The Kier molecular flexibility index (Phi) is 4.72. The van der Waals surface area contributed by atoms with E-state index in [0.717, 1.165) is 11.8 Å². The van der Waals surface area contributed by atoms with E-state index in [1.54, 1.807) is 0 Å². The maximum absolute atomic E-state index is 2.33. The van der Waals surface area contributed by atoms with E-state index in [9.17, 15) is 0 Å². The quantitative estimate of drug-likeness (QED) is 0.584. The monoisotopic (exact) mass is 168 g/mol. The molecule has 0 nitrogen and oxygen atoms in total. The second kappa shape index (κ2) is 5.61. The Morgan fingerprint density at radius 1 is 0.833 bits per heavy atom. The van der Waals surface area contributed by atoms with Crippen molar-refractivity contribution in [2.75, 3.05) is 0 Å². The van der Waals surface area contributed by atoms with Crippen LogP contribution in [0.15, 0.2) is 0 Å². The van der Waals surface area contributed by atoms with Crippen molar-refractivity contribution in [2.24, 2.45) is 11.8 Å². The molecule has 2 unspecified atom stereocenters. The minimum Gasteiger partial charge on any atom is -0.0654 e. The molecule has 1 saturated carbocycles. The normalized spacial score (nSPS) is 30.5. The maximum atomic E-state index is 2.33. The molecule has 2 atom stereocenters. The summed E-state index contributed by atoms with van der Waals surface area (Å²) in [5.74, 6) is 2.17. The summed E-state index contributed by atoms with van der Waals surface area (Å²) in [5.41, 5.74) is 0. The van der Waals surface area contributed by atoms with Gasteiger partial charge in [0.05, 0.1) is 0 Å². The van der Waals surface area contributed by atoms with Crippen molar-refractivity contribution in [3.05, 3.63) is 0 Å². The Labute approximate surface area is 77.7 Å². The Bertz CT molecular complexity index is 88.6. The summed E-state index contributed by atoms with van der Waals surface area (Å²) >= 11 is 0. The Balaban J connectivity index is 2.31. The van der Waals surface area contributed by atoms with Crippen LogP contribution in [0.1, 0.15) is 65.2 Å². The number of hydrogen-bond donors (Lipinski definition) is 0. The summed E-state index contributed by atoms with van der Waals surface area (Å²) in [6.45, 7) is 4.66. The molecule has 1 rings (SSSR count). The van der Waals surface area contributed by atoms with Gasteiger partial charge in [-0.2, -0.15) is 0 Å². The molecule has 0 heterocycles. The summed E-state index contributed by atoms with van der Waals surface area (Å²) in [7, 11) is 0. The van der Waals surface area contributed by atoms with E-state index in [-0.39, 0.29) is 0 Å². The zero-order valence-corrected chi connectivity index (χ0v) is 8.81. The predicted octanol–water partition coefficient (Wildman–Crippen LogP) is 4.39. The highest BCUT2D eigenvalue weighted by Gasteiger charge is 2.22. The first-order valence-electron chi connectivity index (χ1n) is 5.88. The molecule has 1 aliphatic carbocycles. The molecule has 12 heavy (non-hydrogen) atoms. The van der Waals surface area contributed by atoms with E-state index in [4.69, 9.17) is 0 Å². The fourth-order valence-corrected chi connectivity index (χ4v) is 2.79. The molecule has 0 N–H and O–H groups in total. The van der Waals surface area contributed by atoms with Gasteiger partial charge in [0, 0.05) is 0 Å². The van der Waals surface area contributed by atoms with E-state index < -0.39 is 0 Å². The molecule has 72 valence electrons. The van der Waals surface area contributed by atoms with Gasteiger partial charge in [-0.3, -0.25) is 0 Å². The van der Waals surface area contributed by atoms with Gasteiger partial charge in [-0.05, 0) is 11.8 Å². The first-order chi connectivity index (χ1) is 5.88. The van der Waals surface area contributed by atoms with E-state index in [1.807, 2.05) is 0 Å². The molecule has 0 aliphatic heterocycles. The molecule has 0 saturated heterocycles. The molecular formula is C12H24. The van der Waals surface area contributed by atoms with Gasteiger partial charge in [0.15, 0.2) is 0 Å². The van der Waals surface area contributed by atoms with Crippen LogP contribution in [0.2, 0.25) is 0 Å². The average molecular weight is 168 g/mol. The van der Waals surface area contributed by atoms with Crippen molar-refractivity contribution in [1.82, 2.24) is 0 Å². The maximum Gasteiger partial charge on any atom is -0.0386 e. The molecule has 0 aromatic heterocycles. The van der Waals surface area contributed by atoms with Crippen LogP contribution in [0.3, 0.4) is 0 Å². The van der Waals surface area contributed by atoms with Gasteiger partial charge < -0.3 is 0 Å². The van der Waals surface area contributed by atoms with Crippen molar-refractivity contribution >= 4 is 0 Å². The lowest BCUT2D eigenvalue weighted by Gasteiger charge is -2.31. The zero-order valence-electron chi connectivity index (χ0n) is 8.81. The molecule has 0 heteroatoms. The van der Waals surface area contributed by atoms with Crippen LogP contribution in [0.25, 0.3) is 0 Å². The van der Waals surface area contributed by atoms with Crippen LogP contribution < -0.4 is 0 Å². The first kappa shape index (κ1) is 10.1. The van der Waals surface area contributed by atoms with Crippen LogP contribution >= 0.6 is 0 Å². The third kappa shape index (κ3) is 2.80. The average Bonchev–Trinajstić information content (AvgIpc) is 2.09. The fraction of sp³-hybridized carbons (Fsp3) is 1.00. The van der Waals surface area contributed by atoms with E-state index in [0.29, 0.717) is 0 Å². The third-order valence-electron chi connectivity index (χ3n) is 3.39. The summed E-state index contributed by atoms with van der Waals surface area (Å²) in [4.78, 5) is 0. The standard InChI is InChI=1S/C12H24/c1-3-7-11-9-5-6-10-12(11)8-4-2/h11-12H,3-10H2,1-2H3. The molecule has 0 radical (unpaired) electrons. The Morgan fingerprint density at radius 3 is 1.58 bits per heavy atom. The number of rotatable bonds is 4. The largest absolute Gasteiger partial charge is 0.0654 e. The van der Waals surface area contributed by atoms with E-state index in [2.05, 4.69) is 13.8 Å². The van der Waals surface area contributed by atoms with Crippen molar-refractivity contribution in [3.8, 4) is 0 Å². The van der Waals surface area contributed by atoms with Crippen LogP contribution in [0, 0.1) is 11.8 Å². The highest BCUT2D eigenvalue weighted by atomic mass is 14.3. The van der Waals surface area contributed by atoms with Crippen molar-refractivity contribution in [1.29, 1.82) is 0 Å². The third-order valence-corrected chi connectivity index (χ3v) is 3.39. The molecule has 1 aliphatic rings. The second-order valence-corrected chi connectivity index (χ2v) is 4.38. The van der Waals surface area contributed by atoms with Gasteiger partial charge in [-0.1, -0.05) is 65.2 Å². The highest BCUT2D eigenvalue weighted by molar-refractivity contribution is 4.74. The van der Waals surface area contributed by atoms with Crippen molar-refractivity contribution in [3.63, 3.8) is 0 Å². The Hall–Kier alpha value is 0. The van der Waals surface area contributed by atoms with E-state index >= 15 is 0 Å². The van der Waals surface area contributed by atoms with Gasteiger partial charge >= 0.3 is 0 Å². The molecule has 0 bridgehead atoms. The van der Waals surface area contributed by atoms with Gasteiger partial charge in [0.2, 0.25) is 0 Å². The lowest BCUT2D eigenvalue weighted by molar-refractivity contribution is 0.209. The van der Waals surface area contributed by atoms with Gasteiger partial charge in [-0.25, -0.2) is 0 Å². The summed E-state index contributed by atoms with van der Waals surface area (Å²) in [6, 6.07) is 0. The molecule has 1 fully saturated rings. The lowest BCUT2D eigenvalue weighted by atomic mass is 9.75. The summed E-state index contributed by atoms with van der Waals surface area (Å²) in [6.07, 6.45) is 11.8. The van der Waals surface area contributed by atoms with Crippen LogP contribution in [0.4, 0.5) is 0 Å². The fourth-order valence-electron chi connectivity index (χ4n) is 2.79. The topological polar surface area (TPSA) is 0 Å². The lowest BCUT2D eigenvalue weighted by Crippen LogP contribution is -2.19. The molecule has 0 aromatic carbocycles. The SMILES string of the molecule is CCCC1CCCCC1CCC. The molecule has 0 spiro atoms. The summed E-state index contributed by atoms with van der Waals surface area (Å²) < 4.78 is 0. The van der Waals surface area contributed by atoms with Crippen molar-refractivity contribution in [2.45, 2.75) is 65.2 Å². The minimum absolute atomic E-state index is 1.09. The van der Waals surface area contributed by atoms with Gasteiger partial charge in [0.1, 0.15) is 0 Å². The molecular weight excluding hydrogens is 144 g/mol. The van der Waals surface area contributed by atoms with Gasteiger partial charge in [-0.15, -0.1) is 0 Å². The zero-order chi connectivity index (χ0) is 8.81. The smallest absolute Gasteiger partial charge is 0.0386 e. The van der Waals surface area contributed by atoms with E-state index in [1.165, 1.54) is 51.4 Å². The predicted molar refractivity (Wildman–Crippen MR) is 55.3 cm³/mol. The first-order valence-corrected chi connectivity index (χ1v) is 5.88. The Morgan fingerprint density at radius 2 is 1.25 bits per heavy atom. The van der Waals surface area contributed by atoms with Crippen LogP contribution in [-0.4, -0.2) is 0 Å². The second-order valence-electron chi connectivity index (χ2n) is 4.38. The summed E-state index contributed by atoms with van der Waals surface area (Å²) in [5, 5.41) is 0. The van der Waals surface area contributed by atoms with Crippen LogP contribution in [0.5, 0.6) is 0 Å². The van der Waals surface area contributed by atoms with Crippen LogP contribution in [-0.2, 0) is 0 Å². The number of hydrogen-bond acceptors (Lipinski definition) is 0. The minimum atomic E-state index is 1.09. The molecule has 0 amide bonds. The van der Waals surface area contributed by atoms with Gasteiger partial charge in [0.25, 0.3) is 0 Å². The van der Waals surface area contributed by atoms with Crippen molar-refractivity contribution < 1.29 is 0 Å². The highest BCUT2D eigenvalue weighted by Crippen LogP contribution is 2.35. The molecule has 0 aromatic rings.